The predicted octanol–water partition coefficient (Wildman–Crippen LogP) is 3.40. The fraction of sp³-hybridized carbons (Fsp3) is 0.0435. The van der Waals surface area contributed by atoms with Gasteiger partial charge in [0.15, 0.2) is 11.4 Å². The molecular weight excluding hydrogens is 382 g/mol. The minimum Gasteiger partial charge on any atom is -0.465 e. The van der Waals surface area contributed by atoms with E-state index in [4.69, 9.17) is 14.1 Å². The third-order valence-electron chi connectivity index (χ3n) is 4.89. The molecule has 0 saturated carbocycles. The van der Waals surface area contributed by atoms with E-state index in [0.717, 1.165) is 11.3 Å². The van der Waals surface area contributed by atoms with Gasteiger partial charge in [0.2, 0.25) is 5.69 Å². The van der Waals surface area contributed by atoms with Crippen LogP contribution in [0.2, 0.25) is 0 Å². The van der Waals surface area contributed by atoms with Crippen molar-refractivity contribution in [3.63, 3.8) is 0 Å². The Bertz CT molecular complexity index is 1450. The molecule has 1 N–H and O–H groups in total. The van der Waals surface area contributed by atoms with Crippen molar-refractivity contribution < 1.29 is 18.6 Å². The summed E-state index contributed by atoms with van der Waals surface area (Å²) in [7, 11) is 1.23. The third kappa shape index (κ3) is 2.84. The minimum atomic E-state index is -0.736. The number of furan rings is 1. The number of aromatic amines is 1. The maximum atomic E-state index is 12.3. The van der Waals surface area contributed by atoms with Crippen LogP contribution in [0.1, 0.15) is 10.4 Å². The van der Waals surface area contributed by atoms with Crippen LogP contribution in [0.15, 0.2) is 82.0 Å². The maximum Gasteiger partial charge on any atom is 0.351 e. The average molecular weight is 398 g/mol. The number of nitrogens with one attached hydrogen (secondary N) is 1. The van der Waals surface area contributed by atoms with Crippen LogP contribution >= 0.6 is 0 Å². The normalized spacial score (nSPS) is 11.1. The Labute approximate surface area is 170 Å². The van der Waals surface area contributed by atoms with Gasteiger partial charge in [0, 0.05) is 23.1 Å². The van der Waals surface area contributed by atoms with Crippen molar-refractivity contribution in [2.24, 2.45) is 0 Å². The van der Waals surface area contributed by atoms with Gasteiger partial charge in [-0.05, 0) is 6.07 Å². The summed E-state index contributed by atoms with van der Waals surface area (Å²) in [4.78, 5) is 29.1. The van der Waals surface area contributed by atoms with E-state index in [1.54, 1.807) is 12.1 Å². The summed E-state index contributed by atoms with van der Waals surface area (Å²) in [6.07, 6.45) is 0. The first-order valence-corrected chi connectivity index (χ1v) is 9.27. The van der Waals surface area contributed by atoms with Gasteiger partial charge in [-0.2, -0.15) is 0 Å². The molecule has 0 unspecified atom stereocenters. The number of H-pyrrole nitrogens is 1. The van der Waals surface area contributed by atoms with Crippen molar-refractivity contribution in [3.05, 3.63) is 88.8 Å². The zero-order valence-corrected chi connectivity index (χ0v) is 16.0. The molecule has 5 rings (SSSR count). The molecule has 0 amide bonds. The van der Waals surface area contributed by atoms with Gasteiger partial charge in [-0.1, -0.05) is 53.2 Å². The molecule has 0 aliphatic rings. The summed E-state index contributed by atoms with van der Waals surface area (Å²) in [6.45, 7) is 0. The maximum absolute atomic E-state index is 12.3. The van der Waals surface area contributed by atoms with Gasteiger partial charge in [0.05, 0.1) is 13.2 Å². The van der Waals surface area contributed by atoms with E-state index < -0.39 is 11.6 Å². The Hall–Kier alpha value is -4.26. The Kier molecular flexibility index (Phi) is 4.14. The van der Waals surface area contributed by atoms with E-state index in [9.17, 15) is 9.59 Å². The Morgan fingerprint density at radius 1 is 1.03 bits per heavy atom. The third-order valence-corrected chi connectivity index (χ3v) is 4.89. The monoisotopic (exact) mass is 398 g/mol. The molecule has 0 spiro atoms. The number of carbonyl (C=O) groups excluding carboxylic acids is 1. The number of esters is 1. The fourth-order valence-corrected chi connectivity index (χ4v) is 3.48. The van der Waals surface area contributed by atoms with Crippen molar-refractivity contribution >= 4 is 28.0 Å². The van der Waals surface area contributed by atoms with Crippen LogP contribution in [0.4, 0.5) is 0 Å². The highest BCUT2D eigenvalue weighted by atomic mass is 16.5. The molecular formula is C23H16N3O4+. The lowest BCUT2D eigenvalue weighted by Gasteiger charge is -2.05. The molecule has 2 heterocycles. The number of rotatable bonds is 3. The molecule has 0 bridgehead atoms. The van der Waals surface area contributed by atoms with Gasteiger partial charge in [0.1, 0.15) is 11.1 Å². The van der Waals surface area contributed by atoms with E-state index in [1.807, 2.05) is 65.3 Å². The number of methoxy groups -OCH3 is 1. The SMILES string of the molecule is COC(=O)c1c(=O)oc2cc3c(cc12)nc(-c1ccccc1)[nH][n+]3-c1ccccc1. The van der Waals surface area contributed by atoms with Crippen molar-refractivity contribution in [2.45, 2.75) is 0 Å². The molecule has 0 aliphatic heterocycles. The summed E-state index contributed by atoms with van der Waals surface area (Å²) in [5, 5.41) is 3.71. The van der Waals surface area contributed by atoms with Crippen LogP contribution in [-0.4, -0.2) is 23.2 Å². The molecule has 0 atom stereocenters. The summed E-state index contributed by atoms with van der Waals surface area (Å²) in [5.74, 6) is -0.100. The predicted molar refractivity (Wildman–Crippen MR) is 110 cm³/mol. The second-order valence-electron chi connectivity index (χ2n) is 6.70. The fourth-order valence-electron chi connectivity index (χ4n) is 3.48. The smallest absolute Gasteiger partial charge is 0.351 e. The first-order chi connectivity index (χ1) is 14.7. The largest absolute Gasteiger partial charge is 0.465 e. The van der Waals surface area contributed by atoms with Crippen molar-refractivity contribution in [1.82, 2.24) is 10.1 Å². The van der Waals surface area contributed by atoms with E-state index in [1.165, 1.54) is 7.11 Å². The molecule has 5 aromatic rings. The summed E-state index contributed by atoms with van der Waals surface area (Å²) >= 11 is 0. The van der Waals surface area contributed by atoms with Gasteiger partial charge in [-0.3, -0.25) is 0 Å². The molecule has 0 saturated heterocycles. The van der Waals surface area contributed by atoms with Crippen molar-refractivity contribution in [1.29, 1.82) is 0 Å². The Morgan fingerprint density at radius 2 is 1.73 bits per heavy atom. The van der Waals surface area contributed by atoms with Crippen molar-refractivity contribution in [2.75, 3.05) is 7.11 Å². The van der Waals surface area contributed by atoms with Crippen LogP contribution in [0.5, 0.6) is 0 Å². The zero-order valence-electron chi connectivity index (χ0n) is 16.0. The Balaban J connectivity index is 1.88. The summed E-state index contributed by atoms with van der Waals surface area (Å²) < 4.78 is 11.9. The first kappa shape index (κ1) is 17.8. The number of benzene rings is 3. The number of nitrogens with zero attached hydrogens (tertiary/aromatic N) is 2. The molecule has 7 heteroatoms. The average Bonchev–Trinajstić information content (AvgIpc) is 3.12. The molecule has 0 aliphatic carbocycles. The number of ether oxygens (including phenoxy) is 1. The number of para-hydroxylation sites is 1. The second-order valence-corrected chi connectivity index (χ2v) is 6.70. The van der Waals surface area contributed by atoms with E-state index >= 15 is 0 Å². The number of hydrogen-bond donors (Lipinski definition) is 1. The lowest BCUT2D eigenvalue weighted by molar-refractivity contribution is -0.632. The van der Waals surface area contributed by atoms with Crippen LogP contribution in [0, 0.1) is 0 Å². The second kappa shape index (κ2) is 6.97. The summed E-state index contributed by atoms with van der Waals surface area (Å²) in [5.41, 5.74) is 2.49. The quantitative estimate of drug-likeness (QED) is 0.372. The molecule has 146 valence electrons. The van der Waals surface area contributed by atoms with Crippen LogP contribution in [-0.2, 0) is 4.74 Å². The first-order valence-electron chi connectivity index (χ1n) is 9.27. The van der Waals surface area contributed by atoms with E-state index in [2.05, 4.69) is 5.10 Å². The number of fused-ring (bicyclic) bond motifs is 2. The van der Waals surface area contributed by atoms with Crippen LogP contribution in [0.3, 0.4) is 0 Å². The zero-order chi connectivity index (χ0) is 20.7. The topological polar surface area (TPSA) is 89.1 Å². The van der Waals surface area contributed by atoms with Gasteiger partial charge in [-0.25, -0.2) is 14.6 Å². The molecule has 0 radical (unpaired) electrons. The highest BCUT2D eigenvalue weighted by Gasteiger charge is 2.24. The van der Waals surface area contributed by atoms with Gasteiger partial charge < -0.3 is 9.15 Å². The van der Waals surface area contributed by atoms with E-state index in [0.29, 0.717) is 27.8 Å². The molecule has 3 aromatic carbocycles. The van der Waals surface area contributed by atoms with Gasteiger partial charge in [0.25, 0.3) is 5.52 Å². The lowest BCUT2D eigenvalue weighted by Crippen LogP contribution is -2.37. The highest BCUT2D eigenvalue weighted by molar-refractivity contribution is 6.06. The van der Waals surface area contributed by atoms with Crippen molar-refractivity contribution in [3.8, 4) is 17.1 Å². The number of aromatic nitrogens is 3. The van der Waals surface area contributed by atoms with Crippen LogP contribution in [0.25, 0.3) is 39.1 Å². The van der Waals surface area contributed by atoms with E-state index in [-0.39, 0.29) is 5.56 Å². The summed E-state index contributed by atoms with van der Waals surface area (Å²) in [6, 6.07) is 22.8. The number of hydrogen-bond acceptors (Lipinski definition) is 5. The van der Waals surface area contributed by atoms with Gasteiger partial charge in [-0.15, -0.1) is 5.10 Å². The molecule has 30 heavy (non-hydrogen) atoms. The molecule has 0 fully saturated rings. The van der Waals surface area contributed by atoms with Gasteiger partial charge >= 0.3 is 11.6 Å². The standard InChI is InChI=1S/C23H15N3O4/c1-29-22(27)20-16-12-17-18(13-19(16)30-23(20)28)26(15-10-6-3-7-11-15)25-21(24-17)14-8-4-2-5-9-14/h2-13H,1H3/p+1. The number of carbonyl (C=O) groups is 1. The molecule has 2 aromatic heterocycles. The lowest BCUT2D eigenvalue weighted by atomic mass is 10.1. The minimum absolute atomic E-state index is 0.128. The Morgan fingerprint density at radius 3 is 2.43 bits per heavy atom. The highest BCUT2D eigenvalue weighted by Crippen LogP contribution is 2.25. The molecule has 7 nitrogen and oxygen atoms in total. The van der Waals surface area contributed by atoms with Crippen LogP contribution < -0.4 is 10.3 Å².